The molecule has 2 amide bonds. The van der Waals surface area contributed by atoms with Gasteiger partial charge in [0, 0.05) is 18.4 Å². The lowest BCUT2D eigenvalue weighted by Gasteiger charge is -2.39. The smallest absolute Gasteiger partial charge is 0.242 e. The van der Waals surface area contributed by atoms with Gasteiger partial charge in [0.15, 0.2) is 0 Å². The summed E-state index contributed by atoms with van der Waals surface area (Å²) in [6.07, 6.45) is 7.02. The van der Waals surface area contributed by atoms with Gasteiger partial charge in [-0.2, -0.15) is 0 Å². The van der Waals surface area contributed by atoms with Gasteiger partial charge < -0.3 is 10.6 Å². The van der Waals surface area contributed by atoms with E-state index in [1.165, 1.54) is 30.4 Å². The molecule has 1 saturated carbocycles. The lowest BCUT2D eigenvalue weighted by Crippen LogP contribution is -2.48. The number of carbonyl (C=O) groups excluding carboxylic acids is 2. The first kappa shape index (κ1) is 16.0. The molecule has 1 unspecified atom stereocenters. The summed E-state index contributed by atoms with van der Waals surface area (Å²) in [5.41, 5.74) is 2.72. The average Bonchev–Trinajstić information content (AvgIpc) is 3.00. The van der Waals surface area contributed by atoms with Crippen LogP contribution in [0.1, 0.15) is 56.1 Å². The maximum atomic E-state index is 12.4. The zero-order chi connectivity index (χ0) is 16.3. The average molecular weight is 314 g/mol. The van der Waals surface area contributed by atoms with Gasteiger partial charge in [0.2, 0.25) is 11.8 Å². The van der Waals surface area contributed by atoms with Gasteiger partial charge in [0.1, 0.15) is 6.04 Å². The summed E-state index contributed by atoms with van der Waals surface area (Å²) in [6, 6.07) is 8.19. The highest BCUT2D eigenvalue weighted by Gasteiger charge is 2.36. The van der Waals surface area contributed by atoms with Crippen LogP contribution in [0.4, 0.5) is 0 Å². The molecule has 23 heavy (non-hydrogen) atoms. The number of rotatable bonds is 4. The molecular weight excluding hydrogens is 288 g/mol. The van der Waals surface area contributed by atoms with Gasteiger partial charge >= 0.3 is 0 Å². The number of carbonyl (C=O) groups is 2. The maximum Gasteiger partial charge on any atom is 0.242 e. The van der Waals surface area contributed by atoms with Crippen molar-refractivity contribution in [1.29, 1.82) is 0 Å². The van der Waals surface area contributed by atoms with Crippen LogP contribution in [0, 0.1) is 6.92 Å². The minimum atomic E-state index is -0.347. The molecule has 1 aliphatic carbocycles. The Bertz CT molecular complexity index is 591. The predicted octanol–water partition coefficient (Wildman–Crippen LogP) is 2.59. The van der Waals surface area contributed by atoms with E-state index in [4.69, 9.17) is 0 Å². The Balaban J connectivity index is 1.74. The highest BCUT2D eigenvalue weighted by molar-refractivity contribution is 5.90. The molecule has 1 aromatic carbocycles. The molecule has 1 aliphatic heterocycles. The molecule has 0 radical (unpaired) electrons. The summed E-state index contributed by atoms with van der Waals surface area (Å²) < 4.78 is 0. The van der Waals surface area contributed by atoms with Crippen molar-refractivity contribution in [3.05, 3.63) is 35.4 Å². The van der Waals surface area contributed by atoms with E-state index in [9.17, 15) is 9.59 Å². The molecule has 4 nitrogen and oxygen atoms in total. The Morgan fingerprint density at radius 2 is 2.00 bits per heavy atom. The molecule has 0 spiro atoms. The van der Waals surface area contributed by atoms with Gasteiger partial charge in [-0.25, -0.2) is 0 Å². The zero-order valence-corrected chi connectivity index (χ0v) is 13.9. The molecule has 124 valence electrons. The Kier molecular flexibility index (Phi) is 4.69. The minimum Gasteiger partial charge on any atom is -0.353 e. The van der Waals surface area contributed by atoms with E-state index in [0.29, 0.717) is 19.4 Å². The third-order valence-corrected chi connectivity index (χ3v) is 5.44. The van der Waals surface area contributed by atoms with Gasteiger partial charge in [-0.15, -0.1) is 0 Å². The van der Waals surface area contributed by atoms with Crippen LogP contribution in [0.15, 0.2) is 24.3 Å². The molecule has 0 aromatic heterocycles. The fraction of sp³-hybridized carbons (Fsp3) is 0.579. The zero-order valence-electron chi connectivity index (χ0n) is 13.9. The van der Waals surface area contributed by atoms with Crippen molar-refractivity contribution in [2.45, 2.75) is 63.3 Å². The van der Waals surface area contributed by atoms with Crippen molar-refractivity contribution in [2.24, 2.45) is 0 Å². The Morgan fingerprint density at radius 3 is 2.65 bits per heavy atom. The van der Waals surface area contributed by atoms with Gasteiger partial charge in [0.25, 0.3) is 0 Å². The van der Waals surface area contributed by atoms with Crippen molar-refractivity contribution in [1.82, 2.24) is 10.6 Å². The first-order chi connectivity index (χ1) is 11.1. The standard InChI is InChI=1S/C19H26N2O2/c1-14-7-3-4-8-15(14)19(11-5-2-6-12-19)13-20-18(23)16-9-10-17(22)21-16/h3-4,7-8,16H,2,5-6,9-13H2,1H3,(H,20,23)(H,21,22). The second-order valence-electron chi connectivity index (χ2n) is 7.03. The lowest BCUT2D eigenvalue weighted by atomic mass is 9.68. The fourth-order valence-electron chi connectivity index (χ4n) is 4.13. The van der Waals surface area contributed by atoms with E-state index >= 15 is 0 Å². The highest BCUT2D eigenvalue weighted by Crippen LogP contribution is 2.40. The molecule has 1 aromatic rings. The molecule has 2 aliphatic rings. The predicted molar refractivity (Wildman–Crippen MR) is 90.1 cm³/mol. The van der Waals surface area contributed by atoms with E-state index in [1.54, 1.807) is 0 Å². The quantitative estimate of drug-likeness (QED) is 0.897. The third-order valence-electron chi connectivity index (χ3n) is 5.44. The van der Waals surface area contributed by atoms with E-state index in [0.717, 1.165) is 12.8 Å². The van der Waals surface area contributed by atoms with Gasteiger partial charge in [-0.1, -0.05) is 43.5 Å². The molecule has 2 fully saturated rings. The number of aryl methyl sites for hydroxylation is 1. The van der Waals surface area contributed by atoms with E-state index < -0.39 is 0 Å². The molecule has 2 N–H and O–H groups in total. The summed E-state index contributed by atoms with van der Waals surface area (Å²) in [5, 5.41) is 5.88. The third kappa shape index (κ3) is 3.41. The van der Waals surface area contributed by atoms with Crippen LogP contribution in [0.25, 0.3) is 0 Å². The number of hydrogen-bond acceptors (Lipinski definition) is 2. The highest BCUT2D eigenvalue weighted by atomic mass is 16.2. The van der Waals surface area contributed by atoms with Crippen LogP contribution in [0.5, 0.6) is 0 Å². The molecular formula is C19H26N2O2. The fourth-order valence-corrected chi connectivity index (χ4v) is 4.13. The van der Waals surface area contributed by atoms with Gasteiger partial charge in [0.05, 0.1) is 0 Å². The van der Waals surface area contributed by atoms with Crippen LogP contribution in [-0.4, -0.2) is 24.4 Å². The molecule has 1 atom stereocenters. The summed E-state index contributed by atoms with van der Waals surface area (Å²) in [6.45, 7) is 2.83. The van der Waals surface area contributed by atoms with Crippen LogP contribution in [0.2, 0.25) is 0 Å². The van der Waals surface area contributed by atoms with Crippen LogP contribution >= 0.6 is 0 Å². The molecule has 3 rings (SSSR count). The Morgan fingerprint density at radius 1 is 1.26 bits per heavy atom. The Labute approximate surface area is 138 Å². The molecule has 4 heteroatoms. The SMILES string of the molecule is Cc1ccccc1C1(CNC(=O)C2CCC(=O)N2)CCCCC1. The largest absolute Gasteiger partial charge is 0.353 e. The van der Waals surface area contributed by atoms with Crippen molar-refractivity contribution >= 4 is 11.8 Å². The summed E-state index contributed by atoms with van der Waals surface area (Å²) >= 11 is 0. The first-order valence-corrected chi connectivity index (χ1v) is 8.74. The summed E-state index contributed by atoms with van der Waals surface area (Å²) in [5.74, 6) is -0.0502. The molecule has 0 bridgehead atoms. The maximum absolute atomic E-state index is 12.4. The second-order valence-corrected chi connectivity index (χ2v) is 7.03. The number of nitrogens with one attached hydrogen (secondary N) is 2. The lowest BCUT2D eigenvalue weighted by molar-refractivity contribution is -0.126. The van der Waals surface area contributed by atoms with Gasteiger partial charge in [-0.3, -0.25) is 9.59 Å². The number of hydrogen-bond donors (Lipinski definition) is 2. The Hall–Kier alpha value is -1.84. The summed E-state index contributed by atoms with van der Waals surface area (Å²) in [7, 11) is 0. The monoisotopic (exact) mass is 314 g/mol. The normalized spacial score (nSPS) is 23.3. The van der Waals surface area contributed by atoms with E-state index in [1.807, 2.05) is 0 Å². The van der Waals surface area contributed by atoms with Crippen LogP contribution in [-0.2, 0) is 15.0 Å². The number of amides is 2. The van der Waals surface area contributed by atoms with Crippen LogP contribution < -0.4 is 10.6 Å². The second kappa shape index (κ2) is 6.73. The minimum absolute atomic E-state index is 0.0172. The van der Waals surface area contributed by atoms with E-state index in [-0.39, 0.29) is 23.3 Å². The summed E-state index contributed by atoms with van der Waals surface area (Å²) in [4.78, 5) is 23.7. The van der Waals surface area contributed by atoms with Crippen molar-refractivity contribution in [3.63, 3.8) is 0 Å². The van der Waals surface area contributed by atoms with Gasteiger partial charge in [-0.05, 0) is 37.3 Å². The van der Waals surface area contributed by atoms with Crippen molar-refractivity contribution in [3.8, 4) is 0 Å². The number of benzene rings is 1. The van der Waals surface area contributed by atoms with Crippen molar-refractivity contribution in [2.75, 3.05) is 6.54 Å². The topological polar surface area (TPSA) is 58.2 Å². The first-order valence-electron chi connectivity index (χ1n) is 8.74. The molecule has 1 heterocycles. The van der Waals surface area contributed by atoms with E-state index in [2.05, 4.69) is 41.8 Å². The van der Waals surface area contributed by atoms with Crippen LogP contribution in [0.3, 0.4) is 0 Å². The molecule has 1 saturated heterocycles. The van der Waals surface area contributed by atoms with Crippen molar-refractivity contribution < 1.29 is 9.59 Å².